The van der Waals surface area contributed by atoms with E-state index in [9.17, 15) is 14.7 Å². The van der Waals surface area contributed by atoms with Gasteiger partial charge in [0.05, 0.1) is 6.61 Å². The van der Waals surface area contributed by atoms with Crippen LogP contribution in [0.4, 0.5) is 4.79 Å². The van der Waals surface area contributed by atoms with Gasteiger partial charge >= 0.3 is 12.1 Å². The minimum Gasteiger partial charge on any atom is -0.494 e. The molecule has 29 heavy (non-hydrogen) atoms. The fourth-order valence-electron chi connectivity index (χ4n) is 2.83. The van der Waals surface area contributed by atoms with Crippen LogP contribution in [-0.4, -0.2) is 35.9 Å². The maximum absolute atomic E-state index is 11.8. The van der Waals surface area contributed by atoms with Crippen molar-refractivity contribution in [1.82, 2.24) is 5.32 Å². The summed E-state index contributed by atoms with van der Waals surface area (Å²) in [5.41, 5.74) is 0.893. The molecule has 0 aromatic heterocycles. The third-order valence-electron chi connectivity index (χ3n) is 4.08. The molecule has 0 saturated heterocycles. The van der Waals surface area contributed by atoms with Gasteiger partial charge in [0.15, 0.2) is 0 Å². The minimum atomic E-state index is -0.901. The maximum atomic E-state index is 11.8. The second kappa shape index (κ2) is 10.5. The van der Waals surface area contributed by atoms with Crippen molar-refractivity contribution in [3.8, 4) is 5.75 Å². The normalized spacial score (nSPS) is 12.1. The first-order valence-electron chi connectivity index (χ1n) is 9.73. The molecule has 1 amide bonds. The second-order valence-corrected chi connectivity index (χ2v) is 7.74. The zero-order valence-corrected chi connectivity index (χ0v) is 17.2. The number of amides is 1. The van der Waals surface area contributed by atoms with Gasteiger partial charge in [-0.1, -0.05) is 42.5 Å². The van der Waals surface area contributed by atoms with E-state index in [0.29, 0.717) is 24.5 Å². The number of carbonyl (C=O) groups excluding carboxylic acids is 1. The Kier molecular flexibility index (Phi) is 8.07. The lowest BCUT2D eigenvalue weighted by Crippen LogP contribution is -2.33. The zero-order valence-electron chi connectivity index (χ0n) is 17.2. The molecule has 2 N–H and O–H groups in total. The first-order valence-corrected chi connectivity index (χ1v) is 9.73. The Balaban J connectivity index is 1.83. The van der Waals surface area contributed by atoms with Crippen LogP contribution in [0, 0.1) is 0 Å². The first-order chi connectivity index (χ1) is 13.8. The van der Waals surface area contributed by atoms with Crippen molar-refractivity contribution in [1.29, 1.82) is 0 Å². The highest BCUT2D eigenvalue weighted by molar-refractivity contribution is 5.80. The average Bonchev–Trinajstić information content (AvgIpc) is 2.64. The summed E-state index contributed by atoms with van der Waals surface area (Å²) in [7, 11) is 0. The summed E-state index contributed by atoms with van der Waals surface area (Å²) in [6.07, 6.45) is 1.08. The molecule has 1 unspecified atom stereocenters. The predicted octanol–water partition coefficient (Wildman–Crippen LogP) is 4.59. The fraction of sp³-hybridized carbons (Fsp3) is 0.391. The minimum absolute atomic E-state index is 0.424. The number of rotatable bonds is 9. The highest BCUT2D eigenvalue weighted by Gasteiger charge is 2.22. The molecule has 6 nitrogen and oxygen atoms in total. The Labute approximate surface area is 171 Å². The topological polar surface area (TPSA) is 84.9 Å². The zero-order chi connectivity index (χ0) is 21.3. The van der Waals surface area contributed by atoms with E-state index >= 15 is 0 Å². The van der Waals surface area contributed by atoms with Crippen LogP contribution >= 0.6 is 0 Å². The summed E-state index contributed by atoms with van der Waals surface area (Å²) in [6, 6.07) is 16.3. The number of aliphatic carboxylic acids is 1. The van der Waals surface area contributed by atoms with Gasteiger partial charge in [0, 0.05) is 6.54 Å². The SMILES string of the molecule is CC(C)(C)OC(=O)NCCCCOc1cccc(C(C(=O)O)c2ccccc2)c1. The second-order valence-electron chi connectivity index (χ2n) is 7.74. The number of hydrogen-bond donors (Lipinski definition) is 2. The monoisotopic (exact) mass is 399 g/mol. The maximum Gasteiger partial charge on any atom is 0.407 e. The third kappa shape index (κ3) is 7.86. The molecule has 0 fully saturated rings. The lowest BCUT2D eigenvalue weighted by molar-refractivity contribution is -0.137. The smallest absolute Gasteiger partial charge is 0.407 e. The molecule has 0 aliphatic rings. The molecule has 156 valence electrons. The summed E-state index contributed by atoms with van der Waals surface area (Å²) in [5, 5.41) is 12.4. The highest BCUT2D eigenvalue weighted by atomic mass is 16.6. The van der Waals surface area contributed by atoms with Crippen molar-refractivity contribution in [2.45, 2.75) is 45.1 Å². The molecule has 0 aliphatic carbocycles. The van der Waals surface area contributed by atoms with Crippen LogP contribution in [0.5, 0.6) is 5.75 Å². The fourth-order valence-corrected chi connectivity index (χ4v) is 2.83. The Hall–Kier alpha value is -3.02. The lowest BCUT2D eigenvalue weighted by atomic mass is 9.91. The number of ether oxygens (including phenoxy) is 2. The van der Waals surface area contributed by atoms with Crippen molar-refractivity contribution in [3.63, 3.8) is 0 Å². The molecule has 0 spiro atoms. The lowest BCUT2D eigenvalue weighted by Gasteiger charge is -2.19. The number of alkyl carbamates (subject to hydrolysis) is 1. The Morgan fingerprint density at radius 1 is 1.00 bits per heavy atom. The number of unbranched alkanes of at least 4 members (excludes halogenated alkanes) is 1. The number of benzene rings is 2. The summed E-state index contributed by atoms with van der Waals surface area (Å²) < 4.78 is 10.9. The number of carboxylic acid groups (broad SMARTS) is 1. The number of nitrogens with one attached hydrogen (secondary N) is 1. The van der Waals surface area contributed by atoms with E-state index in [4.69, 9.17) is 9.47 Å². The van der Waals surface area contributed by atoms with Crippen LogP contribution in [0.15, 0.2) is 54.6 Å². The van der Waals surface area contributed by atoms with Crippen molar-refractivity contribution < 1.29 is 24.2 Å². The van der Waals surface area contributed by atoms with Crippen LogP contribution in [0.3, 0.4) is 0 Å². The van der Waals surface area contributed by atoms with E-state index in [1.165, 1.54) is 0 Å². The van der Waals surface area contributed by atoms with E-state index in [-0.39, 0.29) is 0 Å². The van der Waals surface area contributed by atoms with Crippen molar-refractivity contribution in [2.75, 3.05) is 13.2 Å². The van der Waals surface area contributed by atoms with Gasteiger partial charge in [0.25, 0.3) is 0 Å². The van der Waals surface area contributed by atoms with Gasteiger partial charge in [-0.15, -0.1) is 0 Å². The van der Waals surface area contributed by atoms with Gasteiger partial charge in [-0.3, -0.25) is 4.79 Å². The molecule has 1 atom stereocenters. The van der Waals surface area contributed by atoms with E-state index in [1.807, 2.05) is 57.2 Å². The molecule has 0 radical (unpaired) electrons. The predicted molar refractivity (Wildman–Crippen MR) is 111 cm³/mol. The first kappa shape index (κ1) is 22.3. The Morgan fingerprint density at radius 3 is 2.34 bits per heavy atom. The van der Waals surface area contributed by atoms with E-state index in [0.717, 1.165) is 18.4 Å². The van der Waals surface area contributed by atoms with Crippen molar-refractivity contribution in [2.24, 2.45) is 0 Å². The van der Waals surface area contributed by atoms with Crippen LogP contribution in [0.1, 0.15) is 50.7 Å². The molecule has 2 aromatic rings. The van der Waals surface area contributed by atoms with Crippen LogP contribution in [0.2, 0.25) is 0 Å². The third-order valence-corrected chi connectivity index (χ3v) is 4.08. The summed E-state index contributed by atoms with van der Waals surface area (Å²) >= 11 is 0. The number of carbonyl (C=O) groups is 2. The molecule has 2 rings (SSSR count). The molecular weight excluding hydrogens is 370 g/mol. The molecule has 0 heterocycles. The molecular formula is C23H29NO5. The van der Waals surface area contributed by atoms with Gasteiger partial charge < -0.3 is 19.9 Å². The van der Waals surface area contributed by atoms with Gasteiger partial charge in [0.2, 0.25) is 0 Å². The Bertz CT molecular complexity index is 798. The quantitative estimate of drug-likeness (QED) is 0.603. The standard InChI is InChI=1S/C23H29NO5/c1-23(2,3)29-22(27)24-14-7-8-15-28-19-13-9-12-18(16-19)20(21(25)26)17-10-5-4-6-11-17/h4-6,9-13,16,20H,7-8,14-15H2,1-3H3,(H,24,27)(H,25,26). The van der Waals surface area contributed by atoms with Crippen LogP contribution in [-0.2, 0) is 9.53 Å². The van der Waals surface area contributed by atoms with Gasteiger partial charge in [-0.05, 0) is 56.9 Å². The van der Waals surface area contributed by atoms with Gasteiger partial charge in [-0.25, -0.2) is 4.79 Å². The van der Waals surface area contributed by atoms with E-state index in [1.54, 1.807) is 18.2 Å². The van der Waals surface area contributed by atoms with Crippen molar-refractivity contribution >= 4 is 12.1 Å². The largest absolute Gasteiger partial charge is 0.494 e. The Morgan fingerprint density at radius 2 is 1.69 bits per heavy atom. The molecule has 0 aliphatic heterocycles. The molecule has 6 heteroatoms. The van der Waals surface area contributed by atoms with Gasteiger partial charge in [-0.2, -0.15) is 0 Å². The number of carboxylic acids is 1. The summed E-state index contributed by atoms with van der Waals surface area (Å²) in [6.45, 7) is 6.44. The van der Waals surface area contributed by atoms with E-state index < -0.39 is 23.6 Å². The molecule has 0 saturated carbocycles. The number of hydrogen-bond acceptors (Lipinski definition) is 4. The van der Waals surface area contributed by atoms with E-state index in [2.05, 4.69) is 5.32 Å². The highest BCUT2D eigenvalue weighted by Crippen LogP contribution is 2.27. The van der Waals surface area contributed by atoms with Crippen LogP contribution < -0.4 is 10.1 Å². The van der Waals surface area contributed by atoms with Crippen molar-refractivity contribution in [3.05, 3.63) is 65.7 Å². The molecule has 0 bridgehead atoms. The van der Waals surface area contributed by atoms with Crippen LogP contribution in [0.25, 0.3) is 0 Å². The average molecular weight is 399 g/mol. The molecule has 2 aromatic carbocycles. The summed E-state index contributed by atoms with van der Waals surface area (Å²) in [4.78, 5) is 23.4. The summed E-state index contributed by atoms with van der Waals surface area (Å²) in [5.74, 6) is -1.01. The van der Waals surface area contributed by atoms with Gasteiger partial charge in [0.1, 0.15) is 17.3 Å².